The van der Waals surface area contributed by atoms with Crippen molar-refractivity contribution in [2.45, 2.75) is 6.92 Å². The zero-order valence-electron chi connectivity index (χ0n) is 10.6. The van der Waals surface area contributed by atoms with E-state index in [1.807, 2.05) is 6.92 Å². The van der Waals surface area contributed by atoms with E-state index in [1.165, 1.54) is 18.9 Å². The van der Waals surface area contributed by atoms with E-state index in [4.69, 9.17) is 0 Å². The van der Waals surface area contributed by atoms with Gasteiger partial charge in [-0.3, -0.25) is 15.6 Å². The third kappa shape index (κ3) is 2.39. The molecule has 3 rings (SSSR count). The van der Waals surface area contributed by atoms with Gasteiger partial charge in [0.2, 0.25) is 0 Å². The summed E-state index contributed by atoms with van der Waals surface area (Å²) in [4.78, 5) is 30.9. The zero-order chi connectivity index (χ0) is 13.9. The van der Waals surface area contributed by atoms with Crippen LogP contribution in [-0.2, 0) is 0 Å². The number of carbonyl (C=O) groups is 1. The van der Waals surface area contributed by atoms with Gasteiger partial charge in [0.1, 0.15) is 12.1 Å². The van der Waals surface area contributed by atoms with Gasteiger partial charge in [-0.2, -0.15) is 0 Å². The third-order valence-electron chi connectivity index (χ3n) is 2.64. The van der Waals surface area contributed by atoms with Crippen molar-refractivity contribution in [1.29, 1.82) is 0 Å². The van der Waals surface area contributed by atoms with Crippen LogP contribution in [0.15, 0.2) is 31.0 Å². The van der Waals surface area contributed by atoms with Crippen LogP contribution in [0.3, 0.4) is 0 Å². The van der Waals surface area contributed by atoms with Gasteiger partial charge in [-0.1, -0.05) is 0 Å². The summed E-state index contributed by atoms with van der Waals surface area (Å²) < 4.78 is 0. The second-order valence-electron chi connectivity index (χ2n) is 4.12. The number of nitrogens with one attached hydrogen (secondary N) is 3. The number of hydrazine groups is 1. The second-order valence-corrected chi connectivity index (χ2v) is 4.12. The second kappa shape index (κ2) is 4.92. The predicted molar refractivity (Wildman–Crippen MR) is 71.7 cm³/mol. The standard InChI is InChI=1S/C12H11N7O/c1-7-2-10(16-5-14-7)18-19-12(20)8-3-9-11(13-4-8)17-6-15-9/h2-6H,1H3,(H,19,20)(H,13,15,17)(H,14,16,18). The number of aryl methyl sites for hydroxylation is 1. The predicted octanol–water partition coefficient (Wildman–Crippen LogP) is 0.813. The minimum Gasteiger partial charge on any atom is -0.343 e. The fourth-order valence-corrected chi connectivity index (χ4v) is 1.67. The topological polar surface area (TPSA) is 108 Å². The fourth-order valence-electron chi connectivity index (χ4n) is 1.67. The number of anilines is 1. The summed E-state index contributed by atoms with van der Waals surface area (Å²) in [6.07, 6.45) is 4.41. The maximum Gasteiger partial charge on any atom is 0.271 e. The zero-order valence-corrected chi connectivity index (χ0v) is 10.6. The average Bonchev–Trinajstić information content (AvgIpc) is 2.92. The van der Waals surface area contributed by atoms with Crippen LogP contribution in [0.1, 0.15) is 16.1 Å². The molecule has 0 radical (unpaired) electrons. The first kappa shape index (κ1) is 12.0. The van der Waals surface area contributed by atoms with Crippen LogP contribution in [0.2, 0.25) is 0 Å². The Morgan fingerprint density at radius 1 is 1.20 bits per heavy atom. The fraction of sp³-hybridized carbons (Fsp3) is 0.0833. The highest BCUT2D eigenvalue weighted by Crippen LogP contribution is 2.08. The van der Waals surface area contributed by atoms with Crippen LogP contribution in [0.25, 0.3) is 11.2 Å². The molecule has 0 bridgehead atoms. The highest BCUT2D eigenvalue weighted by Gasteiger charge is 2.08. The first-order valence-corrected chi connectivity index (χ1v) is 5.86. The number of pyridine rings is 1. The summed E-state index contributed by atoms with van der Waals surface area (Å²) in [5.74, 6) is 0.201. The quantitative estimate of drug-likeness (QED) is 0.607. The molecule has 0 unspecified atom stereocenters. The lowest BCUT2D eigenvalue weighted by molar-refractivity contribution is 0.0962. The Balaban J connectivity index is 1.72. The van der Waals surface area contributed by atoms with Crippen molar-refractivity contribution in [2.24, 2.45) is 0 Å². The van der Waals surface area contributed by atoms with Crippen LogP contribution in [0.4, 0.5) is 5.82 Å². The molecule has 3 aromatic heterocycles. The average molecular weight is 269 g/mol. The number of hydrogen-bond acceptors (Lipinski definition) is 6. The molecular formula is C12H11N7O. The molecule has 3 N–H and O–H groups in total. The van der Waals surface area contributed by atoms with Crippen molar-refractivity contribution in [3.05, 3.63) is 42.2 Å². The Morgan fingerprint density at radius 2 is 2.10 bits per heavy atom. The number of aromatic amines is 1. The smallest absolute Gasteiger partial charge is 0.271 e. The Labute approximate surface area is 113 Å². The highest BCUT2D eigenvalue weighted by atomic mass is 16.2. The van der Waals surface area contributed by atoms with Crippen LogP contribution in [0.5, 0.6) is 0 Å². The Hall–Kier alpha value is -3.03. The lowest BCUT2D eigenvalue weighted by atomic mass is 10.2. The molecule has 3 heterocycles. The molecular weight excluding hydrogens is 258 g/mol. The van der Waals surface area contributed by atoms with Crippen LogP contribution in [0, 0.1) is 6.92 Å². The molecule has 0 aromatic carbocycles. The molecule has 0 spiro atoms. The van der Waals surface area contributed by atoms with Crippen molar-refractivity contribution in [3.63, 3.8) is 0 Å². The summed E-state index contributed by atoms with van der Waals surface area (Å²) in [6, 6.07) is 3.40. The number of amides is 1. The molecule has 1 amide bonds. The summed E-state index contributed by atoms with van der Waals surface area (Å²) >= 11 is 0. The molecule has 20 heavy (non-hydrogen) atoms. The van der Waals surface area contributed by atoms with Gasteiger partial charge in [-0.25, -0.2) is 19.9 Å². The van der Waals surface area contributed by atoms with E-state index in [-0.39, 0.29) is 5.91 Å². The molecule has 0 atom stereocenters. The van der Waals surface area contributed by atoms with E-state index in [2.05, 4.69) is 35.8 Å². The molecule has 0 saturated carbocycles. The molecule has 0 aliphatic rings. The van der Waals surface area contributed by atoms with Crippen molar-refractivity contribution >= 4 is 22.9 Å². The van der Waals surface area contributed by atoms with E-state index in [0.29, 0.717) is 22.5 Å². The molecule has 0 fully saturated rings. The molecule has 100 valence electrons. The van der Waals surface area contributed by atoms with E-state index in [9.17, 15) is 4.79 Å². The van der Waals surface area contributed by atoms with Crippen molar-refractivity contribution in [3.8, 4) is 0 Å². The normalized spacial score (nSPS) is 10.4. The van der Waals surface area contributed by atoms with Crippen molar-refractivity contribution < 1.29 is 4.79 Å². The summed E-state index contributed by atoms with van der Waals surface area (Å²) in [7, 11) is 0. The number of nitrogens with zero attached hydrogens (tertiary/aromatic N) is 4. The van der Waals surface area contributed by atoms with Crippen LogP contribution in [-0.4, -0.2) is 30.8 Å². The van der Waals surface area contributed by atoms with Gasteiger partial charge in [0.25, 0.3) is 5.91 Å². The lowest BCUT2D eigenvalue weighted by Gasteiger charge is -2.07. The molecule has 0 aliphatic carbocycles. The van der Waals surface area contributed by atoms with E-state index in [0.717, 1.165) is 5.69 Å². The molecule has 8 nitrogen and oxygen atoms in total. The molecule has 3 aromatic rings. The maximum absolute atomic E-state index is 12.0. The van der Waals surface area contributed by atoms with Gasteiger partial charge in [-0.05, 0) is 13.0 Å². The van der Waals surface area contributed by atoms with E-state index in [1.54, 1.807) is 12.1 Å². The maximum atomic E-state index is 12.0. The van der Waals surface area contributed by atoms with E-state index >= 15 is 0 Å². The first-order valence-electron chi connectivity index (χ1n) is 5.86. The monoisotopic (exact) mass is 269 g/mol. The highest BCUT2D eigenvalue weighted by molar-refractivity contribution is 5.96. The SMILES string of the molecule is Cc1cc(NNC(=O)c2cnc3nc[nH]c3c2)ncn1. The number of rotatable bonds is 3. The van der Waals surface area contributed by atoms with Gasteiger partial charge in [0.05, 0.1) is 17.4 Å². The minimum absolute atomic E-state index is 0.315. The van der Waals surface area contributed by atoms with Crippen molar-refractivity contribution in [2.75, 3.05) is 5.43 Å². The van der Waals surface area contributed by atoms with Gasteiger partial charge in [0, 0.05) is 18.0 Å². The number of imidazole rings is 1. The summed E-state index contributed by atoms with van der Waals surface area (Å²) in [6.45, 7) is 1.84. The Kier molecular flexibility index (Phi) is 2.96. The van der Waals surface area contributed by atoms with Gasteiger partial charge < -0.3 is 4.98 Å². The first-order chi connectivity index (χ1) is 9.72. The molecule has 0 saturated heterocycles. The number of aromatic nitrogens is 5. The number of H-pyrrole nitrogens is 1. The Morgan fingerprint density at radius 3 is 2.95 bits per heavy atom. The van der Waals surface area contributed by atoms with E-state index < -0.39 is 0 Å². The summed E-state index contributed by atoms with van der Waals surface area (Å²) in [5, 5.41) is 0. The largest absolute Gasteiger partial charge is 0.343 e. The minimum atomic E-state index is -0.315. The molecule has 8 heteroatoms. The van der Waals surface area contributed by atoms with Gasteiger partial charge >= 0.3 is 0 Å². The van der Waals surface area contributed by atoms with Gasteiger partial charge in [0.15, 0.2) is 5.65 Å². The number of fused-ring (bicyclic) bond motifs is 1. The van der Waals surface area contributed by atoms with Crippen LogP contribution >= 0.6 is 0 Å². The number of carbonyl (C=O) groups excluding carboxylic acids is 1. The Bertz CT molecular complexity index is 767. The summed E-state index contributed by atoms with van der Waals surface area (Å²) in [5.41, 5.74) is 7.76. The lowest BCUT2D eigenvalue weighted by Crippen LogP contribution is -2.29. The molecule has 0 aliphatic heterocycles. The third-order valence-corrected chi connectivity index (χ3v) is 2.64. The van der Waals surface area contributed by atoms with Gasteiger partial charge in [-0.15, -0.1) is 0 Å². The van der Waals surface area contributed by atoms with Crippen molar-refractivity contribution in [1.82, 2.24) is 30.3 Å². The van der Waals surface area contributed by atoms with Crippen LogP contribution < -0.4 is 10.9 Å². The number of hydrogen-bond donors (Lipinski definition) is 3.